The number of benzene rings is 2. The molecule has 2 saturated heterocycles. The van der Waals surface area contributed by atoms with Crippen molar-refractivity contribution in [3.8, 4) is 11.6 Å². The highest BCUT2D eigenvalue weighted by Gasteiger charge is 2.28. The second kappa shape index (κ2) is 11.3. The minimum Gasteiger partial charge on any atom is -0.435 e. The summed E-state index contributed by atoms with van der Waals surface area (Å²) < 4.78 is 36.1. The van der Waals surface area contributed by atoms with Crippen molar-refractivity contribution in [2.45, 2.75) is 26.2 Å². The number of carbonyl (C=O) groups is 1. The molecule has 2 N–H and O–H groups in total. The number of aromatic amines is 1. The van der Waals surface area contributed by atoms with Crippen LogP contribution in [0.3, 0.4) is 0 Å². The van der Waals surface area contributed by atoms with Crippen LogP contribution >= 0.6 is 0 Å². The number of ether oxygens (including phenoxy) is 1. The quantitative estimate of drug-likeness (QED) is 0.323. The van der Waals surface area contributed by atoms with E-state index in [0.717, 1.165) is 62.9 Å². The molecule has 2 aliphatic heterocycles. The Hall–Kier alpha value is -4.25. The number of aryl methyl sites for hydroxylation is 1. The van der Waals surface area contributed by atoms with Gasteiger partial charge in [0.1, 0.15) is 11.9 Å². The summed E-state index contributed by atoms with van der Waals surface area (Å²) >= 11 is 0. The first-order valence-electron chi connectivity index (χ1n) is 14.0. The number of amides is 1. The van der Waals surface area contributed by atoms with Crippen LogP contribution in [0, 0.1) is 18.6 Å². The van der Waals surface area contributed by atoms with Gasteiger partial charge in [-0.25, -0.2) is 18.7 Å². The molecule has 2 aromatic carbocycles. The lowest BCUT2D eigenvalue weighted by Crippen LogP contribution is -2.44. The maximum atomic E-state index is 15.4. The molecule has 0 atom stereocenters. The third-order valence-corrected chi connectivity index (χ3v) is 7.78. The second-order valence-electron chi connectivity index (χ2n) is 10.7. The lowest BCUT2D eigenvalue weighted by Gasteiger charge is -2.34. The lowest BCUT2D eigenvalue weighted by atomic mass is 10.1. The average molecular weight is 562 g/mol. The van der Waals surface area contributed by atoms with Gasteiger partial charge in [0.25, 0.3) is 5.91 Å². The predicted molar refractivity (Wildman–Crippen MR) is 154 cm³/mol. The highest BCUT2D eigenvalue weighted by atomic mass is 19.1. The molecule has 4 heterocycles. The minimum atomic E-state index is -0.741. The van der Waals surface area contributed by atoms with Crippen LogP contribution in [0.1, 0.15) is 35.3 Å². The van der Waals surface area contributed by atoms with E-state index in [9.17, 15) is 9.18 Å². The topological polar surface area (TPSA) is 89.6 Å². The van der Waals surface area contributed by atoms with Crippen LogP contribution in [-0.2, 0) is 0 Å². The number of nitrogens with one attached hydrogen (secondary N) is 2. The lowest BCUT2D eigenvalue weighted by molar-refractivity contribution is 0.0721. The van der Waals surface area contributed by atoms with Gasteiger partial charge in [0, 0.05) is 67.8 Å². The number of likely N-dealkylation sites (N-methyl/N-ethyl adjacent to an activating group) is 1. The van der Waals surface area contributed by atoms with E-state index in [1.54, 1.807) is 11.8 Å². The van der Waals surface area contributed by atoms with Crippen molar-refractivity contribution >= 4 is 34.0 Å². The number of anilines is 3. The summed E-state index contributed by atoms with van der Waals surface area (Å²) in [7, 11) is 2.12. The third-order valence-electron chi connectivity index (χ3n) is 7.78. The first kappa shape index (κ1) is 26.9. The Morgan fingerprint density at radius 3 is 2.44 bits per heavy atom. The minimum absolute atomic E-state index is 0.0574. The SMILES string of the molecule is Cc1cc2c(F)c(Oc3ncnc(Nc4ccc(N5CCN(C)CC5)cc4)c3C(=O)N3CCCCC3)cc(F)c2[nH]1. The molecule has 41 heavy (non-hydrogen) atoms. The fourth-order valence-electron chi connectivity index (χ4n) is 5.46. The molecule has 2 aliphatic rings. The molecular formula is C30H33F2N7O2. The van der Waals surface area contributed by atoms with Gasteiger partial charge >= 0.3 is 0 Å². The summed E-state index contributed by atoms with van der Waals surface area (Å²) in [4.78, 5) is 31.6. The number of fused-ring (bicyclic) bond motifs is 1. The molecule has 2 aromatic heterocycles. The number of hydrogen-bond donors (Lipinski definition) is 2. The van der Waals surface area contributed by atoms with Crippen molar-refractivity contribution in [2.24, 2.45) is 0 Å². The number of likely N-dealkylation sites (tertiary alicyclic amines) is 1. The zero-order valence-corrected chi connectivity index (χ0v) is 23.2. The number of carbonyl (C=O) groups excluding carboxylic acids is 1. The molecule has 1 amide bonds. The van der Waals surface area contributed by atoms with Crippen molar-refractivity contribution in [2.75, 3.05) is 56.5 Å². The Bertz CT molecular complexity index is 1560. The largest absolute Gasteiger partial charge is 0.435 e. The monoisotopic (exact) mass is 561 g/mol. The van der Waals surface area contributed by atoms with Crippen LogP contribution in [0.5, 0.6) is 11.6 Å². The van der Waals surface area contributed by atoms with Gasteiger partial charge in [-0.2, -0.15) is 0 Å². The zero-order valence-electron chi connectivity index (χ0n) is 23.2. The number of piperazine rings is 1. The van der Waals surface area contributed by atoms with E-state index < -0.39 is 11.6 Å². The van der Waals surface area contributed by atoms with Gasteiger partial charge in [-0.15, -0.1) is 0 Å². The smallest absolute Gasteiger partial charge is 0.263 e. The third kappa shape index (κ3) is 5.54. The number of piperidine rings is 1. The van der Waals surface area contributed by atoms with E-state index in [1.165, 1.54) is 12.4 Å². The van der Waals surface area contributed by atoms with E-state index in [4.69, 9.17) is 4.74 Å². The van der Waals surface area contributed by atoms with Crippen LogP contribution in [0.2, 0.25) is 0 Å². The summed E-state index contributed by atoms with van der Waals surface area (Å²) in [5.74, 6) is -2.00. The van der Waals surface area contributed by atoms with E-state index in [2.05, 4.69) is 37.1 Å². The standard InChI is InChI=1S/C30H33F2N7O2/c1-19-16-22-26(32)24(17-23(31)27(22)35-19)41-29-25(30(40)39-10-4-3-5-11-39)28(33-18-34-29)36-20-6-8-21(9-7-20)38-14-12-37(2)13-15-38/h6-9,16-18,35H,3-5,10-15H2,1-2H3,(H,33,34,36). The fraction of sp³-hybridized carbons (Fsp3) is 0.367. The number of halogens is 2. The molecule has 9 nitrogen and oxygen atoms in total. The summed E-state index contributed by atoms with van der Waals surface area (Å²) in [6.45, 7) is 6.81. The molecular weight excluding hydrogens is 528 g/mol. The molecule has 0 spiro atoms. The van der Waals surface area contributed by atoms with Crippen LogP contribution in [-0.4, -0.2) is 77.0 Å². The van der Waals surface area contributed by atoms with Crippen LogP contribution in [0.15, 0.2) is 42.7 Å². The molecule has 2 fully saturated rings. The Morgan fingerprint density at radius 1 is 0.976 bits per heavy atom. The van der Waals surface area contributed by atoms with Gasteiger partial charge in [0.2, 0.25) is 5.88 Å². The van der Waals surface area contributed by atoms with Crippen LogP contribution in [0.4, 0.5) is 26.0 Å². The van der Waals surface area contributed by atoms with E-state index in [-0.39, 0.29) is 39.8 Å². The second-order valence-corrected chi connectivity index (χ2v) is 10.7. The zero-order chi connectivity index (χ0) is 28.5. The molecule has 11 heteroatoms. The van der Waals surface area contributed by atoms with Gasteiger partial charge < -0.3 is 29.7 Å². The number of hydrogen-bond acceptors (Lipinski definition) is 7. The Morgan fingerprint density at radius 2 is 1.71 bits per heavy atom. The van der Waals surface area contributed by atoms with E-state index in [0.29, 0.717) is 18.8 Å². The van der Waals surface area contributed by atoms with Gasteiger partial charge in [-0.1, -0.05) is 0 Å². The number of rotatable bonds is 6. The molecule has 0 bridgehead atoms. The molecule has 0 saturated carbocycles. The fourth-order valence-corrected chi connectivity index (χ4v) is 5.46. The first-order chi connectivity index (χ1) is 19.9. The molecule has 0 unspecified atom stereocenters. The molecule has 6 rings (SSSR count). The predicted octanol–water partition coefficient (Wildman–Crippen LogP) is 5.46. The van der Waals surface area contributed by atoms with E-state index >= 15 is 4.39 Å². The molecule has 0 aliphatic carbocycles. The Balaban J connectivity index is 1.33. The summed E-state index contributed by atoms with van der Waals surface area (Å²) in [6.07, 6.45) is 4.06. The van der Waals surface area contributed by atoms with Crippen LogP contribution in [0.25, 0.3) is 10.9 Å². The molecule has 0 radical (unpaired) electrons. The van der Waals surface area contributed by atoms with Crippen molar-refractivity contribution in [3.05, 3.63) is 65.6 Å². The summed E-state index contributed by atoms with van der Waals surface area (Å²) in [5.41, 5.74) is 2.59. The van der Waals surface area contributed by atoms with E-state index in [1.807, 2.05) is 24.3 Å². The molecule has 214 valence electrons. The average Bonchev–Trinajstić information content (AvgIpc) is 3.39. The molecule has 4 aromatic rings. The highest BCUT2D eigenvalue weighted by molar-refractivity contribution is 6.01. The summed E-state index contributed by atoms with van der Waals surface area (Å²) in [5, 5.41) is 3.30. The van der Waals surface area contributed by atoms with Gasteiger partial charge in [-0.3, -0.25) is 4.79 Å². The van der Waals surface area contributed by atoms with Gasteiger partial charge in [0.05, 0.1) is 5.52 Å². The van der Waals surface area contributed by atoms with Crippen molar-refractivity contribution < 1.29 is 18.3 Å². The Kier molecular flexibility index (Phi) is 7.44. The first-order valence-corrected chi connectivity index (χ1v) is 14.0. The summed E-state index contributed by atoms with van der Waals surface area (Å²) in [6, 6.07) is 10.4. The van der Waals surface area contributed by atoms with Gasteiger partial charge in [-0.05, 0) is 63.6 Å². The highest BCUT2D eigenvalue weighted by Crippen LogP contribution is 2.36. The van der Waals surface area contributed by atoms with Crippen molar-refractivity contribution in [1.82, 2.24) is 24.8 Å². The van der Waals surface area contributed by atoms with Gasteiger partial charge in [0.15, 0.2) is 23.2 Å². The van der Waals surface area contributed by atoms with Crippen molar-refractivity contribution in [3.63, 3.8) is 0 Å². The number of H-pyrrole nitrogens is 1. The number of aromatic nitrogens is 3. The normalized spacial score (nSPS) is 16.3. The number of nitrogens with zero attached hydrogens (tertiary/aromatic N) is 5. The van der Waals surface area contributed by atoms with Crippen molar-refractivity contribution in [1.29, 1.82) is 0 Å². The van der Waals surface area contributed by atoms with Crippen LogP contribution < -0.4 is 15.0 Å². The maximum absolute atomic E-state index is 15.4. The Labute approximate surface area is 237 Å². The maximum Gasteiger partial charge on any atom is 0.263 e.